The molecule has 0 saturated carbocycles. The SMILES string of the molecule is O=c1[nH]nc(Cc2cccc(Br)c2)c2ncccc12. The third kappa shape index (κ3) is 2.42. The molecule has 1 aromatic carbocycles. The van der Waals surface area contributed by atoms with Gasteiger partial charge in [-0.05, 0) is 29.8 Å². The highest BCUT2D eigenvalue weighted by molar-refractivity contribution is 9.10. The van der Waals surface area contributed by atoms with Crippen molar-refractivity contribution in [1.29, 1.82) is 0 Å². The summed E-state index contributed by atoms with van der Waals surface area (Å²) in [7, 11) is 0. The van der Waals surface area contributed by atoms with Gasteiger partial charge in [0.1, 0.15) is 0 Å². The van der Waals surface area contributed by atoms with Gasteiger partial charge in [0, 0.05) is 17.1 Å². The zero-order chi connectivity index (χ0) is 13.2. The monoisotopic (exact) mass is 315 g/mol. The summed E-state index contributed by atoms with van der Waals surface area (Å²) in [4.78, 5) is 15.9. The zero-order valence-corrected chi connectivity index (χ0v) is 11.5. The number of pyridine rings is 1. The summed E-state index contributed by atoms with van der Waals surface area (Å²) in [5, 5.41) is 7.21. The maximum absolute atomic E-state index is 11.7. The number of benzene rings is 1. The second kappa shape index (κ2) is 4.93. The number of hydrogen-bond acceptors (Lipinski definition) is 3. The number of nitrogens with zero attached hydrogens (tertiary/aromatic N) is 2. The number of aromatic nitrogens is 3. The summed E-state index contributed by atoms with van der Waals surface area (Å²) in [6.07, 6.45) is 2.30. The molecule has 0 amide bonds. The first kappa shape index (κ1) is 12.0. The lowest BCUT2D eigenvalue weighted by atomic mass is 10.1. The number of hydrogen-bond donors (Lipinski definition) is 1. The van der Waals surface area contributed by atoms with Crippen LogP contribution < -0.4 is 5.56 Å². The Kier molecular flexibility index (Phi) is 3.13. The van der Waals surface area contributed by atoms with Crippen LogP contribution in [0.1, 0.15) is 11.3 Å². The van der Waals surface area contributed by atoms with Crippen LogP contribution in [0.2, 0.25) is 0 Å². The average molecular weight is 316 g/mol. The molecule has 3 rings (SSSR count). The van der Waals surface area contributed by atoms with Gasteiger partial charge in [-0.15, -0.1) is 0 Å². The van der Waals surface area contributed by atoms with E-state index in [1.165, 1.54) is 0 Å². The van der Waals surface area contributed by atoms with Crippen molar-refractivity contribution < 1.29 is 0 Å². The second-order valence-corrected chi connectivity index (χ2v) is 5.12. The first-order valence-electron chi connectivity index (χ1n) is 5.81. The van der Waals surface area contributed by atoms with E-state index in [2.05, 4.69) is 31.1 Å². The van der Waals surface area contributed by atoms with Crippen LogP contribution in [0.3, 0.4) is 0 Å². The minimum atomic E-state index is -0.207. The van der Waals surface area contributed by atoms with Crippen LogP contribution in [0.15, 0.2) is 51.9 Å². The molecule has 0 fully saturated rings. The van der Waals surface area contributed by atoms with Crippen molar-refractivity contribution in [3.05, 3.63) is 68.7 Å². The average Bonchev–Trinajstić information content (AvgIpc) is 2.42. The van der Waals surface area contributed by atoms with Gasteiger partial charge in [0.2, 0.25) is 0 Å². The Hall–Kier alpha value is -2.01. The van der Waals surface area contributed by atoms with E-state index >= 15 is 0 Å². The van der Waals surface area contributed by atoms with Crippen molar-refractivity contribution in [2.45, 2.75) is 6.42 Å². The summed E-state index contributed by atoms with van der Waals surface area (Å²) in [5.41, 5.74) is 2.33. The molecule has 0 aliphatic rings. The predicted octanol–water partition coefficient (Wildman–Crippen LogP) is 2.67. The zero-order valence-electron chi connectivity index (χ0n) is 9.93. The summed E-state index contributed by atoms with van der Waals surface area (Å²) in [6, 6.07) is 11.5. The third-order valence-corrected chi connectivity index (χ3v) is 3.37. The van der Waals surface area contributed by atoms with Gasteiger partial charge in [-0.1, -0.05) is 28.1 Å². The standard InChI is InChI=1S/C14H10BrN3O/c15-10-4-1-3-9(7-10)8-12-13-11(5-2-6-16-13)14(19)18-17-12/h1-7H,8H2,(H,18,19). The van der Waals surface area contributed by atoms with E-state index in [1.54, 1.807) is 18.3 Å². The highest BCUT2D eigenvalue weighted by atomic mass is 79.9. The Bertz CT molecular complexity index is 798. The normalized spacial score (nSPS) is 10.8. The van der Waals surface area contributed by atoms with Crippen LogP contribution in [0.4, 0.5) is 0 Å². The fourth-order valence-electron chi connectivity index (χ4n) is 2.01. The molecule has 3 aromatic rings. The first-order chi connectivity index (χ1) is 9.24. The summed E-state index contributed by atoms with van der Waals surface area (Å²) < 4.78 is 1.02. The van der Waals surface area contributed by atoms with Crippen LogP contribution in [0, 0.1) is 0 Å². The van der Waals surface area contributed by atoms with Crippen LogP contribution in [0.5, 0.6) is 0 Å². The fourth-order valence-corrected chi connectivity index (χ4v) is 2.46. The number of aromatic amines is 1. The van der Waals surface area contributed by atoms with Gasteiger partial charge in [0.15, 0.2) is 0 Å². The van der Waals surface area contributed by atoms with Gasteiger partial charge in [0.05, 0.1) is 16.6 Å². The molecule has 19 heavy (non-hydrogen) atoms. The quantitative estimate of drug-likeness (QED) is 0.791. The maximum atomic E-state index is 11.7. The van der Waals surface area contributed by atoms with Gasteiger partial charge in [0.25, 0.3) is 5.56 Å². The minimum Gasteiger partial charge on any atom is -0.267 e. The van der Waals surface area contributed by atoms with E-state index < -0.39 is 0 Å². The predicted molar refractivity (Wildman–Crippen MR) is 77.1 cm³/mol. The molecule has 2 aromatic heterocycles. The molecule has 0 saturated heterocycles. The van der Waals surface area contributed by atoms with Gasteiger partial charge in [-0.3, -0.25) is 9.78 Å². The molecule has 0 spiro atoms. The van der Waals surface area contributed by atoms with E-state index in [0.717, 1.165) is 15.7 Å². The van der Waals surface area contributed by atoms with Crippen molar-refractivity contribution in [1.82, 2.24) is 15.2 Å². The fraction of sp³-hybridized carbons (Fsp3) is 0.0714. The Morgan fingerprint density at radius 3 is 2.95 bits per heavy atom. The number of fused-ring (bicyclic) bond motifs is 1. The highest BCUT2D eigenvalue weighted by Crippen LogP contribution is 2.17. The van der Waals surface area contributed by atoms with Gasteiger partial charge in [-0.2, -0.15) is 5.10 Å². The lowest BCUT2D eigenvalue weighted by molar-refractivity contribution is 0.927. The molecule has 1 N–H and O–H groups in total. The third-order valence-electron chi connectivity index (χ3n) is 2.88. The molecule has 0 radical (unpaired) electrons. The summed E-state index contributed by atoms with van der Waals surface area (Å²) >= 11 is 3.44. The maximum Gasteiger partial charge on any atom is 0.273 e. The Morgan fingerprint density at radius 1 is 1.21 bits per heavy atom. The number of halogens is 1. The lowest BCUT2D eigenvalue weighted by Gasteiger charge is -2.04. The molecule has 0 bridgehead atoms. The van der Waals surface area contributed by atoms with E-state index in [0.29, 0.717) is 17.3 Å². The van der Waals surface area contributed by atoms with E-state index in [-0.39, 0.29) is 5.56 Å². The molecule has 0 aliphatic carbocycles. The van der Waals surface area contributed by atoms with Crippen molar-refractivity contribution in [3.8, 4) is 0 Å². The van der Waals surface area contributed by atoms with Gasteiger partial charge >= 0.3 is 0 Å². The van der Waals surface area contributed by atoms with E-state index in [4.69, 9.17) is 0 Å². The minimum absolute atomic E-state index is 0.207. The van der Waals surface area contributed by atoms with Crippen molar-refractivity contribution in [2.75, 3.05) is 0 Å². The number of H-pyrrole nitrogens is 1. The highest BCUT2D eigenvalue weighted by Gasteiger charge is 2.08. The summed E-state index contributed by atoms with van der Waals surface area (Å²) in [6.45, 7) is 0. The molecule has 5 heteroatoms. The molecular formula is C14H10BrN3O. The molecule has 0 atom stereocenters. The first-order valence-corrected chi connectivity index (χ1v) is 6.60. The van der Waals surface area contributed by atoms with Crippen LogP contribution >= 0.6 is 15.9 Å². The molecule has 4 nitrogen and oxygen atoms in total. The molecule has 0 unspecified atom stereocenters. The van der Waals surface area contributed by atoms with E-state index in [1.807, 2.05) is 24.3 Å². The van der Waals surface area contributed by atoms with Crippen molar-refractivity contribution in [3.63, 3.8) is 0 Å². The van der Waals surface area contributed by atoms with E-state index in [9.17, 15) is 4.79 Å². The lowest BCUT2D eigenvalue weighted by Crippen LogP contribution is -2.12. The Labute approximate surface area is 117 Å². The smallest absolute Gasteiger partial charge is 0.267 e. The Morgan fingerprint density at radius 2 is 2.11 bits per heavy atom. The molecule has 2 heterocycles. The van der Waals surface area contributed by atoms with Crippen molar-refractivity contribution >= 4 is 26.8 Å². The molecular weight excluding hydrogens is 306 g/mol. The van der Waals surface area contributed by atoms with Crippen LogP contribution in [-0.4, -0.2) is 15.2 Å². The second-order valence-electron chi connectivity index (χ2n) is 4.21. The van der Waals surface area contributed by atoms with Gasteiger partial charge in [-0.25, -0.2) is 5.10 Å². The van der Waals surface area contributed by atoms with Gasteiger partial charge < -0.3 is 0 Å². The molecule has 0 aliphatic heterocycles. The van der Waals surface area contributed by atoms with Crippen LogP contribution in [0.25, 0.3) is 10.9 Å². The number of nitrogens with one attached hydrogen (secondary N) is 1. The summed E-state index contributed by atoms with van der Waals surface area (Å²) in [5.74, 6) is 0. The largest absolute Gasteiger partial charge is 0.273 e. The molecule has 94 valence electrons. The van der Waals surface area contributed by atoms with Crippen LogP contribution in [-0.2, 0) is 6.42 Å². The Balaban J connectivity index is 2.11. The van der Waals surface area contributed by atoms with Crippen molar-refractivity contribution in [2.24, 2.45) is 0 Å². The number of rotatable bonds is 2. The topological polar surface area (TPSA) is 58.6 Å².